The molecule has 9 nitrogen and oxygen atoms in total. The molecule has 1 aliphatic heterocycles. The molecule has 240 valence electrons. The Bertz CT molecular complexity index is 1360. The number of halogens is 1. The maximum Gasteiger partial charge on any atom is 0.407 e. The van der Waals surface area contributed by atoms with Crippen molar-refractivity contribution < 1.29 is 28.2 Å². The van der Waals surface area contributed by atoms with E-state index in [0.29, 0.717) is 51.5 Å². The van der Waals surface area contributed by atoms with Crippen LogP contribution < -0.4 is 15.4 Å². The van der Waals surface area contributed by atoms with Crippen LogP contribution in [0.1, 0.15) is 49.8 Å². The highest BCUT2D eigenvalue weighted by Crippen LogP contribution is 2.21. The first-order valence-electron chi connectivity index (χ1n) is 15.5. The third-order valence-electron chi connectivity index (χ3n) is 7.56. The number of urea groups is 1. The Balaban J connectivity index is 1.26. The van der Waals surface area contributed by atoms with E-state index in [1.165, 1.54) is 12.1 Å². The fraction of sp³-hybridized carbons (Fsp3) is 0.400. The summed E-state index contributed by atoms with van der Waals surface area (Å²) < 4.78 is 24.5. The van der Waals surface area contributed by atoms with Gasteiger partial charge in [-0.2, -0.15) is 0 Å². The zero-order valence-corrected chi connectivity index (χ0v) is 26.0. The normalized spacial score (nSPS) is 13.3. The van der Waals surface area contributed by atoms with Crippen LogP contribution in [0.4, 0.5) is 14.0 Å². The molecule has 3 aromatic rings. The number of benzene rings is 3. The number of hydrogen-bond donors (Lipinski definition) is 2. The van der Waals surface area contributed by atoms with E-state index in [4.69, 9.17) is 9.47 Å². The molecule has 0 bridgehead atoms. The molecule has 4 amide bonds. The number of piperidine rings is 1. The molecule has 1 fully saturated rings. The largest absolute Gasteiger partial charge is 0.493 e. The van der Waals surface area contributed by atoms with Gasteiger partial charge in [-0.3, -0.25) is 4.79 Å². The molecule has 0 aromatic heterocycles. The second-order valence-electron chi connectivity index (χ2n) is 11.6. The Hall–Kier alpha value is -4.60. The van der Waals surface area contributed by atoms with Gasteiger partial charge >= 0.3 is 12.1 Å². The molecule has 2 N–H and O–H groups in total. The molecule has 0 saturated carbocycles. The number of carbonyl (C=O) groups excluding carboxylic acids is 3. The van der Waals surface area contributed by atoms with E-state index < -0.39 is 6.09 Å². The van der Waals surface area contributed by atoms with E-state index in [-0.39, 0.29) is 43.4 Å². The second kappa shape index (κ2) is 17.0. The van der Waals surface area contributed by atoms with Crippen LogP contribution >= 0.6 is 0 Å². The molecule has 0 atom stereocenters. The number of rotatable bonds is 13. The van der Waals surface area contributed by atoms with Gasteiger partial charge in [0.15, 0.2) is 0 Å². The van der Waals surface area contributed by atoms with Crippen molar-refractivity contribution in [3.8, 4) is 5.75 Å². The van der Waals surface area contributed by atoms with Crippen molar-refractivity contribution in [2.24, 2.45) is 5.92 Å². The van der Waals surface area contributed by atoms with Crippen LogP contribution in [0.25, 0.3) is 0 Å². The Labute approximate surface area is 264 Å². The van der Waals surface area contributed by atoms with Crippen molar-refractivity contribution >= 4 is 18.0 Å². The van der Waals surface area contributed by atoms with Gasteiger partial charge in [0, 0.05) is 45.2 Å². The van der Waals surface area contributed by atoms with Crippen LogP contribution in [-0.2, 0) is 29.2 Å². The predicted molar refractivity (Wildman–Crippen MR) is 170 cm³/mol. The summed E-state index contributed by atoms with van der Waals surface area (Å²) in [6.45, 7) is 6.82. The number of amides is 4. The number of hydrogen-bond acceptors (Lipinski definition) is 5. The Kier molecular flexibility index (Phi) is 12.6. The van der Waals surface area contributed by atoms with E-state index in [9.17, 15) is 18.8 Å². The van der Waals surface area contributed by atoms with E-state index >= 15 is 0 Å². The minimum atomic E-state index is -0.566. The van der Waals surface area contributed by atoms with Crippen molar-refractivity contribution in [2.45, 2.75) is 58.8 Å². The lowest BCUT2D eigenvalue weighted by Gasteiger charge is -2.38. The summed E-state index contributed by atoms with van der Waals surface area (Å²) >= 11 is 0. The standard InChI is InChI=1S/C35H43FN4O5/c1-26(2)24-44-32-14-10-27(11-15-32)22-38-34(42)40(23-28-8-12-30(36)13-9-28)31-17-20-39(21-18-31)33(41)16-19-37-35(43)45-25-29-6-4-3-5-7-29/h3-15,26,31H,16-25H2,1-2H3,(H,37,43)(H,38,42). The molecule has 3 aromatic carbocycles. The lowest BCUT2D eigenvalue weighted by atomic mass is 10.0. The van der Waals surface area contributed by atoms with Crippen LogP contribution in [-0.4, -0.2) is 60.1 Å². The van der Waals surface area contributed by atoms with Crippen molar-refractivity contribution in [2.75, 3.05) is 26.2 Å². The SMILES string of the molecule is CC(C)COc1ccc(CNC(=O)N(Cc2ccc(F)cc2)C2CCN(C(=O)CCNC(=O)OCc3ccccc3)CC2)cc1. The molecular weight excluding hydrogens is 575 g/mol. The molecule has 0 radical (unpaired) electrons. The molecule has 0 spiro atoms. The van der Waals surface area contributed by atoms with Gasteiger partial charge in [0.1, 0.15) is 18.2 Å². The minimum absolute atomic E-state index is 0.0628. The average Bonchev–Trinajstić information content (AvgIpc) is 3.06. The summed E-state index contributed by atoms with van der Waals surface area (Å²) in [6, 6.07) is 22.9. The lowest BCUT2D eigenvalue weighted by Crippen LogP contribution is -2.51. The zero-order valence-electron chi connectivity index (χ0n) is 26.0. The fourth-order valence-corrected chi connectivity index (χ4v) is 5.03. The summed E-state index contributed by atoms with van der Waals surface area (Å²) in [7, 11) is 0. The summed E-state index contributed by atoms with van der Waals surface area (Å²) in [6.07, 6.45) is 0.804. The lowest BCUT2D eigenvalue weighted by molar-refractivity contribution is -0.132. The van der Waals surface area contributed by atoms with Crippen LogP contribution in [0.2, 0.25) is 0 Å². The topological polar surface area (TPSA) is 100 Å². The molecule has 45 heavy (non-hydrogen) atoms. The van der Waals surface area contributed by atoms with Gasteiger partial charge in [-0.25, -0.2) is 14.0 Å². The van der Waals surface area contributed by atoms with Crippen molar-refractivity contribution in [1.29, 1.82) is 0 Å². The van der Waals surface area contributed by atoms with Gasteiger partial charge in [0.25, 0.3) is 0 Å². The van der Waals surface area contributed by atoms with Crippen LogP contribution in [0.15, 0.2) is 78.9 Å². The highest BCUT2D eigenvalue weighted by atomic mass is 19.1. The zero-order chi connectivity index (χ0) is 32.0. The summed E-state index contributed by atoms with van der Waals surface area (Å²) in [5.74, 6) is 0.824. The van der Waals surface area contributed by atoms with Crippen LogP contribution in [0.3, 0.4) is 0 Å². The first kappa shape index (κ1) is 33.3. The maximum absolute atomic E-state index is 13.6. The smallest absolute Gasteiger partial charge is 0.407 e. The molecule has 1 saturated heterocycles. The molecule has 0 aliphatic carbocycles. The monoisotopic (exact) mass is 618 g/mol. The van der Waals surface area contributed by atoms with Crippen molar-refractivity contribution in [1.82, 2.24) is 20.4 Å². The number of likely N-dealkylation sites (tertiary alicyclic amines) is 1. The quantitative estimate of drug-likeness (QED) is 0.249. The van der Waals surface area contributed by atoms with Gasteiger partial charge in [0.2, 0.25) is 5.91 Å². The van der Waals surface area contributed by atoms with Crippen LogP contribution in [0.5, 0.6) is 5.75 Å². The van der Waals surface area contributed by atoms with Gasteiger partial charge in [-0.15, -0.1) is 0 Å². The summed E-state index contributed by atoms with van der Waals surface area (Å²) in [5.41, 5.74) is 2.65. The van der Waals surface area contributed by atoms with E-state index in [1.807, 2.05) is 54.6 Å². The van der Waals surface area contributed by atoms with E-state index in [0.717, 1.165) is 22.4 Å². The average molecular weight is 619 g/mol. The number of carbonyl (C=O) groups is 3. The maximum atomic E-state index is 13.6. The number of alkyl carbamates (subject to hydrolysis) is 1. The Morgan fingerprint density at radius 2 is 1.56 bits per heavy atom. The Morgan fingerprint density at radius 3 is 2.22 bits per heavy atom. The minimum Gasteiger partial charge on any atom is -0.493 e. The third-order valence-corrected chi connectivity index (χ3v) is 7.56. The third kappa shape index (κ3) is 11.1. The highest BCUT2D eigenvalue weighted by Gasteiger charge is 2.30. The molecule has 1 aliphatic rings. The molecule has 4 rings (SSSR count). The molecule has 10 heteroatoms. The predicted octanol–water partition coefficient (Wildman–Crippen LogP) is 5.88. The molecular formula is C35H43FN4O5. The number of nitrogens with zero attached hydrogens (tertiary/aromatic N) is 2. The summed E-state index contributed by atoms with van der Waals surface area (Å²) in [4.78, 5) is 41.9. The summed E-state index contributed by atoms with van der Waals surface area (Å²) in [5, 5.41) is 5.66. The molecule has 1 heterocycles. The Morgan fingerprint density at radius 1 is 0.889 bits per heavy atom. The van der Waals surface area contributed by atoms with Gasteiger partial charge in [-0.1, -0.05) is 68.4 Å². The van der Waals surface area contributed by atoms with Crippen molar-refractivity contribution in [3.63, 3.8) is 0 Å². The van der Waals surface area contributed by atoms with Gasteiger partial charge in [0.05, 0.1) is 6.61 Å². The first-order chi connectivity index (χ1) is 21.8. The van der Waals surface area contributed by atoms with Crippen LogP contribution in [0, 0.1) is 11.7 Å². The van der Waals surface area contributed by atoms with Gasteiger partial charge in [-0.05, 0) is 59.7 Å². The number of nitrogens with one attached hydrogen (secondary N) is 2. The van der Waals surface area contributed by atoms with E-state index in [2.05, 4.69) is 24.5 Å². The van der Waals surface area contributed by atoms with E-state index in [1.54, 1.807) is 21.9 Å². The second-order valence-corrected chi connectivity index (χ2v) is 11.6. The molecule has 0 unspecified atom stereocenters. The van der Waals surface area contributed by atoms with Gasteiger partial charge < -0.3 is 29.9 Å². The number of ether oxygens (including phenoxy) is 2. The van der Waals surface area contributed by atoms with Crippen molar-refractivity contribution in [3.05, 3.63) is 101 Å². The highest BCUT2D eigenvalue weighted by molar-refractivity contribution is 5.77. The fourth-order valence-electron chi connectivity index (χ4n) is 5.03. The first-order valence-corrected chi connectivity index (χ1v) is 15.5.